The molecule has 0 N–H and O–H groups in total. The van der Waals surface area contributed by atoms with Gasteiger partial charge in [0.05, 0.1) is 12.0 Å². The fraction of sp³-hybridized carbons (Fsp3) is 0.182. The van der Waals surface area contributed by atoms with E-state index < -0.39 is 11.7 Å². The van der Waals surface area contributed by atoms with E-state index >= 15 is 0 Å². The molecule has 1 heterocycles. The second-order valence-electron chi connectivity index (χ2n) is 3.33. The number of benzene rings is 1. The van der Waals surface area contributed by atoms with Crippen molar-refractivity contribution in [1.82, 2.24) is 0 Å². The van der Waals surface area contributed by atoms with Crippen molar-refractivity contribution in [3.63, 3.8) is 0 Å². The molecule has 0 radical (unpaired) electrons. The molecule has 16 heavy (non-hydrogen) atoms. The summed E-state index contributed by atoms with van der Waals surface area (Å²) in [6, 6.07) is 4.81. The molecule has 0 aliphatic carbocycles. The first-order valence-electron chi connectivity index (χ1n) is 4.54. The van der Waals surface area contributed by atoms with E-state index in [1.807, 2.05) is 0 Å². The molecule has 2 rings (SSSR count). The average Bonchev–Trinajstić information content (AvgIpc) is 2.57. The summed E-state index contributed by atoms with van der Waals surface area (Å²) in [7, 11) is 0. The Morgan fingerprint density at radius 1 is 1.25 bits per heavy atom. The molecule has 0 bridgehead atoms. The molecule has 2 nitrogen and oxygen atoms in total. The Morgan fingerprint density at radius 2 is 2.00 bits per heavy atom. The van der Waals surface area contributed by atoms with Crippen molar-refractivity contribution in [3.8, 4) is 0 Å². The maximum absolute atomic E-state index is 12.4. The largest absolute Gasteiger partial charge is 0.461 e. The van der Waals surface area contributed by atoms with Gasteiger partial charge < -0.3 is 9.21 Å². The Morgan fingerprint density at radius 3 is 2.62 bits per heavy atom. The summed E-state index contributed by atoms with van der Waals surface area (Å²) in [4.78, 5) is 10.2. The number of furan rings is 1. The van der Waals surface area contributed by atoms with E-state index in [4.69, 9.17) is 4.42 Å². The van der Waals surface area contributed by atoms with E-state index in [1.54, 1.807) is 6.07 Å². The summed E-state index contributed by atoms with van der Waals surface area (Å²) in [6.07, 6.45) is -3.68. The van der Waals surface area contributed by atoms with Crippen LogP contribution in [0.2, 0.25) is 0 Å². The number of carbonyl (C=O) groups is 1. The van der Waals surface area contributed by atoms with Crippen LogP contribution in [0.15, 0.2) is 28.7 Å². The summed E-state index contributed by atoms with van der Waals surface area (Å²) in [5.41, 5.74) is -0.612. The van der Waals surface area contributed by atoms with E-state index in [2.05, 4.69) is 0 Å². The zero-order chi connectivity index (χ0) is 11.8. The highest BCUT2D eigenvalue weighted by Gasteiger charge is 2.30. The van der Waals surface area contributed by atoms with Crippen molar-refractivity contribution < 1.29 is 22.4 Å². The van der Waals surface area contributed by atoms with E-state index in [0.717, 1.165) is 12.1 Å². The summed E-state index contributed by atoms with van der Waals surface area (Å²) in [6.45, 7) is 0. The second-order valence-corrected chi connectivity index (χ2v) is 3.33. The number of rotatable bonds is 2. The van der Waals surface area contributed by atoms with E-state index in [-0.39, 0.29) is 12.0 Å². The van der Waals surface area contributed by atoms with Crippen LogP contribution in [0.5, 0.6) is 0 Å². The number of alkyl halides is 3. The van der Waals surface area contributed by atoms with Crippen LogP contribution < -0.4 is 0 Å². The molecule has 0 aliphatic rings. The highest BCUT2D eigenvalue weighted by molar-refractivity contribution is 5.79. The van der Waals surface area contributed by atoms with Gasteiger partial charge in [-0.25, -0.2) is 0 Å². The van der Waals surface area contributed by atoms with Crippen molar-refractivity contribution in [2.24, 2.45) is 0 Å². The third-order valence-corrected chi connectivity index (χ3v) is 2.18. The molecule has 0 amide bonds. The van der Waals surface area contributed by atoms with Crippen molar-refractivity contribution in [2.75, 3.05) is 0 Å². The maximum Gasteiger partial charge on any atom is 0.416 e. The van der Waals surface area contributed by atoms with Crippen LogP contribution >= 0.6 is 0 Å². The molecule has 0 spiro atoms. The predicted octanol–water partition coefficient (Wildman–Crippen LogP) is 3.19. The maximum atomic E-state index is 12.4. The Labute approximate surface area is 88.7 Å². The van der Waals surface area contributed by atoms with Gasteiger partial charge in [0.1, 0.15) is 17.6 Å². The lowest BCUT2D eigenvalue weighted by atomic mass is 10.1. The SMILES string of the molecule is O=CCc1cc2ccc(C(F)(F)F)cc2o1. The third kappa shape index (κ3) is 1.93. The molecule has 1 aromatic heterocycles. The lowest BCUT2D eigenvalue weighted by molar-refractivity contribution is -0.137. The van der Waals surface area contributed by atoms with Crippen LogP contribution in [0.1, 0.15) is 11.3 Å². The van der Waals surface area contributed by atoms with Gasteiger partial charge in [-0.1, -0.05) is 6.07 Å². The van der Waals surface area contributed by atoms with Gasteiger partial charge in [0.15, 0.2) is 0 Å². The number of hydrogen-bond donors (Lipinski definition) is 0. The summed E-state index contributed by atoms with van der Waals surface area (Å²) < 4.78 is 42.2. The predicted molar refractivity (Wildman–Crippen MR) is 51.0 cm³/mol. The van der Waals surface area contributed by atoms with Gasteiger partial charge in [-0.15, -0.1) is 0 Å². The number of aldehydes is 1. The van der Waals surface area contributed by atoms with E-state index in [0.29, 0.717) is 17.4 Å². The van der Waals surface area contributed by atoms with Crippen LogP contribution in [0.4, 0.5) is 13.2 Å². The Bertz CT molecular complexity index is 525. The van der Waals surface area contributed by atoms with E-state index in [1.165, 1.54) is 6.07 Å². The van der Waals surface area contributed by atoms with Gasteiger partial charge in [-0.2, -0.15) is 13.2 Å². The number of carbonyl (C=O) groups excluding carboxylic acids is 1. The van der Waals surface area contributed by atoms with Gasteiger partial charge in [0, 0.05) is 5.39 Å². The molecule has 0 unspecified atom stereocenters. The summed E-state index contributed by atoms with van der Waals surface area (Å²) in [5, 5.41) is 0.560. The van der Waals surface area contributed by atoms with Crippen LogP contribution in [0.3, 0.4) is 0 Å². The van der Waals surface area contributed by atoms with Crippen LogP contribution in [-0.2, 0) is 17.4 Å². The number of fused-ring (bicyclic) bond motifs is 1. The minimum absolute atomic E-state index is 0.0655. The van der Waals surface area contributed by atoms with Gasteiger partial charge in [0.25, 0.3) is 0 Å². The molecule has 84 valence electrons. The molecule has 5 heteroatoms. The molecular formula is C11H7F3O2. The van der Waals surface area contributed by atoms with E-state index in [9.17, 15) is 18.0 Å². The molecule has 0 fully saturated rings. The molecule has 0 aliphatic heterocycles. The fourth-order valence-electron chi connectivity index (χ4n) is 1.45. The minimum atomic E-state index is -4.38. The summed E-state index contributed by atoms with van der Waals surface area (Å²) >= 11 is 0. The lowest BCUT2D eigenvalue weighted by Gasteiger charge is -2.04. The van der Waals surface area contributed by atoms with Gasteiger partial charge in [-0.05, 0) is 18.2 Å². The van der Waals surface area contributed by atoms with Gasteiger partial charge in [0.2, 0.25) is 0 Å². The quantitative estimate of drug-likeness (QED) is 0.739. The normalized spacial score (nSPS) is 11.9. The van der Waals surface area contributed by atoms with Crippen LogP contribution in [0.25, 0.3) is 11.0 Å². The van der Waals surface area contributed by atoms with Crippen molar-refractivity contribution in [1.29, 1.82) is 0 Å². The Hall–Kier alpha value is -1.78. The molecule has 1 aromatic carbocycles. The molecule has 0 saturated heterocycles. The first kappa shape index (κ1) is 10.7. The molecular weight excluding hydrogens is 221 g/mol. The van der Waals surface area contributed by atoms with Gasteiger partial charge >= 0.3 is 6.18 Å². The topological polar surface area (TPSA) is 30.2 Å². The smallest absolute Gasteiger partial charge is 0.416 e. The first-order chi connectivity index (χ1) is 7.50. The lowest BCUT2D eigenvalue weighted by Crippen LogP contribution is -2.03. The standard InChI is InChI=1S/C11H7F3O2/c12-11(13,14)8-2-1-7-5-9(3-4-15)16-10(7)6-8/h1-2,4-6H,3H2. The zero-order valence-electron chi connectivity index (χ0n) is 8.04. The summed E-state index contributed by atoms with van der Waals surface area (Å²) in [5.74, 6) is 0.365. The van der Waals surface area contributed by atoms with Crippen molar-refractivity contribution >= 4 is 17.3 Å². The van der Waals surface area contributed by atoms with Gasteiger partial charge in [-0.3, -0.25) is 0 Å². The highest BCUT2D eigenvalue weighted by atomic mass is 19.4. The number of halogens is 3. The molecule has 0 atom stereocenters. The monoisotopic (exact) mass is 228 g/mol. The minimum Gasteiger partial charge on any atom is -0.461 e. The Balaban J connectivity index is 2.49. The number of hydrogen-bond acceptors (Lipinski definition) is 2. The molecule has 2 aromatic rings. The fourth-order valence-corrected chi connectivity index (χ4v) is 1.45. The first-order valence-corrected chi connectivity index (χ1v) is 4.54. The van der Waals surface area contributed by atoms with Crippen molar-refractivity contribution in [3.05, 3.63) is 35.6 Å². The third-order valence-electron chi connectivity index (χ3n) is 2.18. The molecule has 0 saturated carbocycles. The van der Waals surface area contributed by atoms with Crippen molar-refractivity contribution in [2.45, 2.75) is 12.6 Å². The average molecular weight is 228 g/mol. The highest BCUT2D eigenvalue weighted by Crippen LogP contribution is 2.32. The van der Waals surface area contributed by atoms with Crippen LogP contribution in [0, 0.1) is 0 Å². The Kier molecular flexibility index (Phi) is 2.46. The van der Waals surface area contributed by atoms with Crippen LogP contribution in [-0.4, -0.2) is 6.29 Å². The zero-order valence-corrected chi connectivity index (χ0v) is 8.04. The second kappa shape index (κ2) is 3.66.